The maximum absolute atomic E-state index is 6.36. The number of benzene rings is 1. The van der Waals surface area contributed by atoms with E-state index in [1.54, 1.807) is 0 Å². The van der Waals surface area contributed by atoms with E-state index >= 15 is 0 Å². The molecule has 1 aromatic carbocycles. The SMILES string of the molecule is Cc1ccccc1C(N)CCN1CCC(C)CC1C. The fourth-order valence-electron chi connectivity index (χ4n) is 3.25. The predicted molar refractivity (Wildman–Crippen MR) is 82.2 cm³/mol. The highest BCUT2D eigenvalue weighted by Crippen LogP contribution is 2.24. The lowest BCUT2D eigenvalue weighted by Crippen LogP contribution is -2.41. The molecule has 0 bridgehead atoms. The Morgan fingerprint density at radius 1 is 1.32 bits per heavy atom. The molecule has 1 fully saturated rings. The number of hydrogen-bond acceptors (Lipinski definition) is 2. The second-order valence-corrected chi connectivity index (χ2v) is 6.27. The first-order chi connectivity index (χ1) is 9.08. The van der Waals surface area contributed by atoms with E-state index in [0.717, 1.165) is 18.9 Å². The first-order valence-corrected chi connectivity index (χ1v) is 7.63. The van der Waals surface area contributed by atoms with Crippen molar-refractivity contribution in [2.45, 2.75) is 52.1 Å². The third kappa shape index (κ3) is 3.80. The molecule has 0 aliphatic carbocycles. The predicted octanol–water partition coefficient (Wildman–Crippen LogP) is 3.51. The molecule has 2 nitrogen and oxygen atoms in total. The summed E-state index contributed by atoms with van der Waals surface area (Å²) in [5, 5.41) is 0. The summed E-state index contributed by atoms with van der Waals surface area (Å²) >= 11 is 0. The average Bonchev–Trinajstić information content (AvgIpc) is 2.38. The molecule has 1 saturated heterocycles. The summed E-state index contributed by atoms with van der Waals surface area (Å²) in [5.41, 5.74) is 8.98. The maximum atomic E-state index is 6.36. The first-order valence-electron chi connectivity index (χ1n) is 7.63. The van der Waals surface area contributed by atoms with Gasteiger partial charge in [-0.1, -0.05) is 31.2 Å². The lowest BCUT2D eigenvalue weighted by atomic mass is 9.92. The van der Waals surface area contributed by atoms with E-state index in [-0.39, 0.29) is 6.04 Å². The van der Waals surface area contributed by atoms with E-state index in [4.69, 9.17) is 5.73 Å². The van der Waals surface area contributed by atoms with E-state index in [1.165, 1.54) is 30.5 Å². The fraction of sp³-hybridized carbons (Fsp3) is 0.647. The van der Waals surface area contributed by atoms with Gasteiger partial charge in [-0.3, -0.25) is 0 Å². The van der Waals surface area contributed by atoms with Crippen LogP contribution in [-0.2, 0) is 0 Å². The Balaban J connectivity index is 1.87. The molecule has 1 aliphatic heterocycles. The van der Waals surface area contributed by atoms with Crippen LogP contribution in [0.15, 0.2) is 24.3 Å². The van der Waals surface area contributed by atoms with E-state index < -0.39 is 0 Å². The molecule has 19 heavy (non-hydrogen) atoms. The highest BCUT2D eigenvalue weighted by molar-refractivity contribution is 5.28. The Labute approximate surface area is 118 Å². The third-order valence-corrected chi connectivity index (χ3v) is 4.59. The van der Waals surface area contributed by atoms with Gasteiger partial charge in [-0.05, 0) is 56.7 Å². The van der Waals surface area contributed by atoms with Gasteiger partial charge >= 0.3 is 0 Å². The van der Waals surface area contributed by atoms with E-state index in [9.17, 15) is 0 Å². The summed E-state index contributed by atoms with van der Waals surface area (Å²) in [6.45, 7) is 9.24. The van der Waals surface area contributed by atoms with Crippen LogP contribution in [0.25, 0.3) is 0 Å². The molecule has 0 aromatic heterocycles. The van der Waals surface area contributed by atoms with Crippen LogP contribution >= 0.6 is 0 Å². The summed E-state index contributed by atoms with van der Waals surface area (Å²) in [6, 6.07) is 9.38. The van der Waals surface area contributed by atoms with Gasteiger partial charge in [0.2, 0.25) is 0 Å². The van der Waals surface area contributed by atoms with Crippen molar-refractivity contribution in [3.8, 4) is 0 Å². The quantitative estimate of drug-likeness (QED) is 0.897. The van der Waals surface area contributed by atoms with Crippen LogP contribution in [0.3, 0.4) is 0 Å². The monoisotopic (exact) mass is 260 g/mol. The Bertz CT molecular complexity index is 402. The molecule has 106 valence electrons. The topological polar surface area (TPSA) is 29.3 Å². The van der Waals surface area contributed by atoms with Gasteiger partial charge in [0.05, 0.1) is 0 Å². The van der Waals surface area contributed by atoms with Gasteiger partial charge < -0.3 is 10.6 Å². The molecule has 0 spiro atoms. The van der Waals surface area contributed by atoms with Crippen molar-refractivity contribution in [2.75, 3.05) is 13.1 Å². The van der Waals surface area contributed by atoms with Crippen molar-refractivity contribution in [2.24, 2.45) is 11.7 Å². The molecule has 1 heterocycles. The normalized spacial score (nSPS) is 26.3. The summed E-state index contributed by atoms with van der Waals surface area (Å²) < 4.78 is 0. The van der Waals surface area contributed by atoms with Crippen molar-refractivity contribution >= 4 is 0 Å². The number of nitrogens with two attached hydrogens (primary N) is 1. The fourth-order valence-corrected chi connectivity index (χ4v) is 3.25. The lowest BCUT2D eigenvalue weighted by Gasteiger charge is -2.37. The van der Waals surface area contributed by atoms with Crippen LogP contribution in [-0.4, -0.2) is 24.0 Å². The van der Waals surface area contributed by atoms with Crippen molar-refractivity contribution in [3.63, 3.8) is 0 Å². The van der Waals surface area contributed by atoms with Crippen LogP contribution < -0.4 is 5.73 Å². The number of nitrogens with zero attached hydrogens (tertiary/aromatic N) is 1. The van der Waals surface area contributed by atoms with Crippen molar-refractivity contribution in [3.05, 3.63) is 35.4 Å². The van der Waals surface area contributed by atoms with Gasteiger partial charge in [0.25, 0.3) is 0 Å². The molecule has 1 aliphatic rings. The third-order valence-electron chi connectivity index (χ3n) is 4.59. The Hall–Kier alpha value is -0.860. The Kier molecular flexibility index (Phi) is 5.00. The van der Waals surface area contributed by atoms with E-state index in [0.29, 0.717) is 6.04 Å². The van der Waals surface area contributed by atoms with Gasteiger partial charge in [0.15, 0.2) is 0 Å². The maximum Gasteiger partial charge on any atom is 0.0309 e. The van der Waals surface area contributed by atoms with E-state index in [1.807, 2.05) is 0 Å². The van der Waals surface area contributed by atoms with Crippen LogP contribution in [0.1, 0.15) is 50.3 Å². The van der Waals surface area contributed by atoms with Gasteiger partial charge in [0.1, 0.15) is 0 Å². The second kappa shape index (κ2) is 6.53. The van der Waals surface area contributed by atoms with Crippen molar-refractivity contribution in [1.82, 2.24) is 4.90 Å². The van der Waals surface area contributed by atoms with Crippen LogP contribution in [0.5, 0.6) is 0 Å². The molecule has 0 radical (unpaired) electrons. The second-order valence-electron chi connectivity index (χ2n) is 6.27. The first kappa shape index (κ1) is 14.5. The van der Waals surface area contributed by atoms with Gasteiger partial charge in [0, 0.05) is 18.6 Å². The summed E-state index contributed by atoms with van der Waals surface area (Å²) in [7, 11) is 0. The van der Waals surface area contributed by atoms with Gasteiger partial charge in [-0.25, -0.2) is 0 Å². The van der Waals surface area contributed by atoms with Crippen LogP contribution in [0, 0.1) is 12.8 Å². The molecule has 0 saturated carbocycles. The minimum absolute atomic E-state index is 0.174. The molecular formula is C17H28N2. The summed E-state index contributed by atoms with van der Waals surface area (Å²) in [6.07, 6.45) is 3.73. The van der Waals surface area contributed by atoms with Gasteiger partial charge in [-0.15, -0.1) is 0 Å². The number of aryl methyl sites for hydroxylation is 1. The standard InChI is InChI=1S/C17H28N2/c1-13-8-10-19(15(3)12-13)11-9-17(18)16-7-5-4-6-14(16)2/h4-7,13,15,17H,8-12,18H2,1-3H3. The van der Waals surface area contributed by atoms with Crippen molar-refractivity contribution < 1.29 is 0 Å². The molecular weight excluding hydrogens is 232 g/mol. The van der Waals surface area contributed by atoms with Crippen molar-refractivity contribution in [1.29, 1.82) is 0 Å². The Morgan fingerprint density at radius 3 is 2.74 bits per heavy atom. The molecule has 1 aromatic rings. The molecule has 3 atom stereocenters. The summed E-state index contributed by atoms with van der Waals surface area (Å²) in [5.74, 6) is 0.885. The van der Waals surface area contributed by atoms with E-state index in [2.05, 4.69) is 49.9 Å². The Morgan fingerprint density at radius 2 is 2.05 bits per heavy atom. The smallest absolute Gasteiger partial charge is 0.0309 e. The molecule has 2 rings (SSSR count). The number of likely N-dealkylation sites (tertiary alicyclic amines) is 1. The number of piperidine rings is 1. The molecule has 3 unspecified atom stereocenters. The molecule has 0 amide bonds. The average molecular weight is 260 g/mol. The highest BCUT2D eigenvalue weighted by Gasteiger charge is 2.23. The minimum Gasteiger partial charge on any atom is -0.324 e. The lowest BCUT2D eigenvalue weighted by molar-refractivity contribution is 0.125. The number of rotatable bonds is 4. The zero-order valence-corrected chi connectivity index (χ0v) is 12.6. The van der Waals surface area contributed by atoms with Gasteiger partial charge in [-0.2, -0.15) is 0 Å². The summed E-state index contributed by atoms with van der Waals surface area (Å²) in [4.78, 5) is 2.61. The van der Waals surface area contributed by atoms with Crippen LogP contribution in [0.2, 0.25) is 0 Å². The van der Waals surface area contributed by atoms with Crippen LogP contribution in [0.4, 0.5) is 0 Å². The molecule has 2 N–H and O–H groups in total. The highest BCUT2D eigenvalue weighted by atomic mass is 15.2. The molecule has 2 heteroatoms. The number of hydrogen-bond donors (Lipinski definition) is 1. The largest absolute Gasteiger partial charge is 0.324 e. The minimum atomic E-state index is 0.174. The zero-order chi connectivity index (χ0) is 13.8. The zero-order valence-electron chi connectivity index (χ0n) is 12.6.